The Hall–Kier alpha value is -1.81. The standard InChI is InChI=1S/C13H15ClFN3.C2H6/c1-8-4-5-11(7-12(8)15)18-13(6-9(2)14)17-10(3)16;1-2/h4-7H,3,16H2,1-2H3,(H,17,18);1-2H3/b9-6+;. The number of halogens is 2. The van der Waals surface area contributed by atoms with Crippen LogP contribution in [-0.2, 0) is 0 Å². The summed E-state index contributed by atoms with van der Waals surface area (Å²) in [6, 6.07) is 4.79. The summed E-state index contributed by atoms with van der Waals surface area (Å²) in [5, 5.41) is 3.44. The molecule has 110 valence electrons. The third-order valence-corrected chi connectivity index (χ3v) is 2.15. The van der Waals surface area contributed by atoms with Crippen LogP contribution in [0, 0.1) is 12.7 Å². The molecular weight excluding hydrogens is 277 g/mol. The van der Waals surface area contributed by atoms with Crippen LogP contribution < -0.4 is 11.1 Å². The van der Waals surface area contributed by atoms with Gasteiger partial charge in [-0.3, -0.25) is 0 Å². The van der Waals surface area contributed by atoms with Crippen molar-refractivity contribution in [3.8, 4) is 0 Å². The van der Waals surface area contributed by atoms with Crippen LogP contribution in [0.3, 0.4) is 0 Å². The van der Waals surface area contributed by atoms with E-state index in [0.29, 0.717) is 22.1 Å². The van der Waals surface area contributed by atoms with Gasteiger partial charge < -0.3 is 11.1 Å². The fourth-order valence-electron chi connectivity index (χ4n) is 1.26. The molecule has 1 aromatic carbocycles. The van der Waals surface area contributed by atoms with Gasteiger partial charge in [0.25, 0.3) is 0 Å². The van der Waals surface area contributed by atoms with Gasteiger partial charge in [-0.1, -0.05) is 38.1 Å². The van der Waals surface area contributed by atoms with Crippen LogP contribution in [0.4, 0.5) is 10.1 Å². The highest BCUT2D eigenvalue weighted by molar-refractivity contribution is 6.31. The average molecular weight is 298 g/mol. The fourth-order valence-corrected chi connectivity index (χ4v) is 1.36. The minimum atomic E-state index is -0.294. The lowest BCUT2D eigenvalue weighted by Crippen LogP contribution is -2.11. The molecule has 0 aromatic heterocycles. The zero-order valence-corrected chi connectivity index (χ0v) is 13.1. The lowest BCUT2D eigenvalue weighted by atomic mass is 10.2. The van der Waals surface area contributed by atoms with Crippen molar-refractivity contribution in [2.45, 2.75) is 27.7 Å². The van der Waals surface area contributed by atoms with E-state index in [1.807, 2.05) is 13.8 Å². The molecule has 0 bridgehead atoms. The minimum absolute atomic E-state index is 0.138. The second-order valence-corrected chi connectivity index (χ2v) is 4.40. The van der Waals surface area contributed by atoms with Crippen LogP contribution >= 0.6 is 11.6 Å². The summed E-state index contributed by atoms with van der Waals surface area (Å²) >= 11 is 5.77. The molecule has 0 heterocycles. The maximum atomic E-state index is 13.4. The quantitative estimate of drug-likeness (QED) is 0.635. The van der Waals surface area contributed by atoms with E-state index in [1.54, 1.807) is 32.1 Å². The van der Waals surface area contributed by atoms with Crippen molar-refractivity contribution in [1.82, 2.24) is 0 Å². The van der Waals surface area contributed by atoms with Gasteiger partial charge in [-0.2, -0.15) is 0 Å². The number of hydrogen-bond acceptors (Lipinski definition) is 2. The molecule has 3 nitrogen and oxygen atoms in total. The average Bonchev–Trinajstić information content (AvgIpc) is 2.34. The van der Waals surface area contributed by atoms with E-state index in [0.717, 1.165) is 0 Å². The van der Waals surface area contributed by atoms with Crippen molar-refractivity contribution in [1.29, 1.82) is 0 Å². The van der Waals surface area contributed by atoms with E-state index in [4.69, 9.17) is 17.3 Å². The first-order valence-electron chi connectivity index (χ1n) is 6.28. The number of anilines is 1. The number of benzene rings is 1. The van der Waals surface area contributed by atoms with E-state index < -0.39 is 0 Å². The highest BCUT2D eigenvalue weighted by Gasteiger charge is 2.02. The molecule has 0 aliphatic rings. The Labute approximate surface area is 125 Å². The first-order valence-corrected chi connectivity index (χ1v) is 6.66. The monoisotopic (exact) mass is 297 g/mol. The Bertz CT molecular complexity index is 518. The van der Waals surface area contributed by atoms with E-state index in [1.165, 1.54) is 6.07 Å². The van der Waals surface area contributed by atoms with Crippen molar-refractivity contribution >= 4 is 23.1 Å². The van der Waals surface area contributed by atoms with Gasteiger partial charge >= 0.3 is 0 Å². The van der Waals surface area contributed by atoms with Gasteiger partial charge in [0.05, 0.1) is 0 Å². The lowest BCUT2D eigenvalue weighted by Gasteiger charge is -2.08. The molecule has 1 aromatic rings. The van der Waals surface area contributed by atoms with Gasteiger partial charge in [0.2, 0.25) is 0 Å². The second-order valence-electron chi connectivity index (χ2n) is 3.81. The number of hydrogen-bond donors (Lipinski definition) is 2. The summed E-state index contributed by atoms with van der Waals surface area (Å²) in [4.78, 5) is 3.97. The summed E-state index contributed by atoms with van der Waals surface area (Å²) < 4.78 is 13.4. The molecule has 0 saturated heterocycles. The highest BCUT2D eigenvalue weighted by Crippen LogP contribution is 2.14. The van der Waals surface area contributed by atoms with E-state index >= 15 is 0 Å². The molecule has 20 heavy (non-hydrogen) atoms. The van der Waals surface area contributed by atoms with Crippen molar-refractivity contribution < 1.29 is 4.39 Å². The summed E-state index contributed by atoms with van der Waals surface area (Å²) in [7, 11) is 0. The predicted molar refractivity (Wildman–Crippen MR) is 86.5 cm³/mol. The molecule has 3 N–H and O–H groups in total. The molecule has 0 aliphatic carbocycles. The van der Waals surface area contributed by atoms with Crippen LogP contribution in [0.5, 0.6) is 0 Å². The first kappa shape index (κ1) is 18.2. The molecule has 0 atom stereocenters. The number of allylic oxidation sites excluding steroid dienone is 1. The van der Waals surface area contributed by atoms with Crippen LogP contribution in [-0.4, -0.2) is 5.84 Å². The highest BCUT2D eigenvalue weighted by atomic mass is 35.5. The molecule has 0 spiro atoms. The number of nitrogens with two attached hydrogens (primary N) is 1. The van der Waals surface area contributed by atoms with Gasteiger partial charge in [-0.15, -0.1) is 0 Å². The largest absolute Gasteiger partial charge is 0.384 e. The zero-order valence-electron chi connectivity index (χ0n) is 12.3. The molecule has 1 rings (SSSR count). The van der Waals surface area contributed by atoms with Crippen molar-refractivity contribution in [3.05, 3.63) is 53.1 Å². The van der Waals surface area contributed by atoms with E-state index in [-0.39, 0.29) is 11.6 Å². The summed E-state index contributed by atoms with van der Waals surface area (Å²) in [5.74, 6) is 0.245. The maximum absolute atomic E-state index is 13.4. The first-order chi connectivity index (χ1) is 9.38. The summed E-state index contributed by atoms with van der Waals surface area (Å²) in [6.07, 6.45) is 1.58. The smallest absolute Gasteiger partial charge is 0.133 e. The van der Waals surface area contributed by atoms with Crippen molar-refractivity contribution in [3.63, 3.8) is 0 Å². The Morgan fingerprint density at radius 1 is 1.45 bits per heavy atom. The fraction of sp³-hybridized carbons (Fsp3) is 0.267. The molecule has 0 fully saturated rings. The van der Waals surface area contributed by atoms with Gasteiger partial charge in [0, 0.05) is 10.7 Å². The number of amidine groups is 1. The Kier molecular flexibility index (Phi) is 8.32. The SMILES string of the molecule is C=C(N)/N=C(\C=C(/C)Cl)Nc1ccc(C)c(F)c1.CC. The lowest BCUT2D eigenvalue weighted by molar-refractivity contribution is 0.619. The topological polar surface area (TPSA) is 50.4 Å². The summed E-state index contributed by atoms with van der Waals surface area (Å²) in [6.45, 7) is 10.9. The van der Waals surface area contributed by atoms with Crippen LogP contribution in [0.25, 0.3) is 0 Å². The number of aryl methyl sites for hydroxylation is 1. The molecular formula is C15H21ClFN3. The van der Waals surface area contributed by atoms with Crippen molar-refractivity contribution in [2.24, 2.45) is 10.7 Å². The normalized spacial score (nSPS) is 11.5. The summed E-state index contributed by atoms with van der Waals surface area (Å²) in [5.41, 5.74) is 6.55. The van der Waals surface area contributed by atoms with E-state index in [2.05, 4.69) is 16.9 Å². The van der Waals surface area contributed by atoms with Crippen LogP contribution in [0.1, 0.15) is 26.3 Å². The van der Waals surface area contributed by atoms with Crippen LogP contribution in [0.2, 0.25) is 0 Å². The number of aliphatic imine (C=N–C) groups is 1. The molecule has 0 saturated carbocycles. The molecule has 0 radical (unpaired) electrons. The number of nitrogens with one attached hydrogen (secondary N) is 1. The Morgan fingerprint density at radius 2 is 2.05 bits per heavy atom. The van der Waals surface area contributed by atoms with E-state index in [9.17, 15) is 4.39 Å². The zero-order chi connectivity index (χ0) is 15.7. The van der Waals surface area contributed by atoms with Gasteiger partial charge in [0.15, 0.2) is 0 Å². The van der Waals surface area contributed by atoms with Crippen molar-refractivity contribution in [2.75, 3.05) is 5.32 Å². The molecule has 0 amide bonds. The Morgan fingerprint density at radius 3 is 2.50 bits per heavy atom. The predicted octanol–water partition coefficient (Wildman–Crippen LogP) is 4.54. The van der Waals surface area contributed by atoms with Gasteiger partial charge in [-0.25, -0.2) is 9.38 Å². The van der Waals surface area contributed by atoms with Gasteiger partial charge in [0.1, 0.15) is 17.5 Å². The third kappa shape index (κ3) is 6.95. The number of rotatable bonds is 3. The van der Waals surface area contributed by atoms with Gasteiger partial charge in [-0.05, 0) is 37.6 Å². The molecule has 0 aliphatic heterocycles. The second kappa shape index (κ2) is 9.15. The molecule has 0 unspecified atom stereocenters. The maximum Gasteiger partial charge on any atom is 0.133 e. The number of nitrogens with zero attached hydrogens (tertiary/aromatic N) is 1. The third-order valence-electron chi connectivity index (χ3n) is 2.04. The minimum Gasteiger partial charge on any atom is -0.384 e. The molecule has 5 heteroatoms. The van der Waals surface area contributed by atoms with Crippen LogP contribution in [0.15, 0.2) is 46.7 Å². The Balaban J connectivity index is 0.00000172.